The molecule has 0 saturated heterocycles. The van der Waals surface area contributed by atoms with Crippen molar-refractivity contribution in [1.29, 1.82) is 0 Å². The molecule has 0 aromatic carbocycles. The number of hydrogen-bond acceptors (Lipinski definition) is 2. The molecule has 38 valence electrons. The van der Waals surface area contributed by atoms with Gasteiger partial charge in [-0.1, -0.05) is 0 Å². The van der Waals surface area contributed by atoms with E-state index in [2.05, 4.69) is 5.48 Å². The van der Waals surface area contributed by atoms with E-state index in [0.29, 0.717) is 0 Å². The van der Waals surface area contributed by atoms with Crippen LogP contribution in [0, 0.1) is 0 Å². The van der Waals surface area contributed by atoms with Crippen molar-refractivity contribution < 1.29 is 9.88 Å². The van der Waals surface area contributed by atoms with Crippen molar-refractivity contribution in [2.75, 3.05) is 0 Å². The molecule has 3 nitrogen and oxygen atoms in total. The minimum atomic E-state index is 1.30. The van der Waals surface area contributed by atoms with Crippen LogP contribution < -0.4 is 10.7 Å². The van der Waals surface area contributed by atoms with Crippen molar-refractivity contribution in [2.24, 2.45) is 0 Å². The van der Waals surface area contributed by atoms with Crippen LogP contribution in [-0.4, -0.2) is 0 Å². The van der Waals surface area contributed by atoms with Crippen LogP contribution in [0.2, 0.25) is 0 Å². The molecular weight excluding hydrogens is 94.0 g/mol. The van der Waals surface area contributed by atoms with E-state index < -0.39 is 0 Å². The molecule has 0 bridgehead atoms. The zero-order valence-corrected chi connectivity index (χ0v) is 3.63. The summed E-state index contributed by atoms with van der Waals surface area (Å²) in [5.41, 5.74) is 2.31. The van der Waals surface area contributed by atoms with Gasteiger partial charge in [-0.2, -0.15) is 0 Å². The molecule has 0 amide bonds. The molecular formula is C4H5NO2. The quantitative estimate of drug-likeness (QED) is 0.324. The van der Waals surface area contributed by atoms with Crippen molar-refractivity contribution in [1.82, 2.24) is 5.48 Å². The molecule has 0 radical (unpaired) electrons. The largest absolute Gasteiger partial charge is 0.447 e. The Morgan fingerprint density at radius 1 is 1.43 bits per heavy atom. The fraction of sp³-hybridized carbons (Fsp3) is 0. The Bertz CT molecular complexity index is 108. The molecule has 1 aliphatic heterocycles. The Balaban J connectivity index is 2.49. The Morgan fingerprint density at radius 2 is 2.29 bits per heavy atom. The highest BCUT2D eigenvalue weighted by molar-refractivity contribution is 5.00. The van der Waals surface area contributed by atoms with Gasteiger partial charge in [0.15, 0.2) is 0 Å². The lowest BCUT2D eigenvalue weighted by molar-refractivity contribution is -0.789. The molecule has 1 heterocycles. The predicted octanol–water partition coefficient (Wildman–Crippen LogP) is -0.640. The second-order valence-corrected chi connectivity index (χ2v) is 1.10. The summed E-state index contributed by atoms with van der Waals surface area (Å²) in [4.78, 5) is 0. The zero-order chi connectivity index (χ0) is 5.11. The number of nitrogens with one attached hydrogen (secondary N) is 1. The lowest BCUT2D eigenvalue weighted by Crippen LogP contribution is -2.31. The van der Waals surface area contributed by atoms with E-state index in [1.165, 1.54) is 17.1 Å². The number of allylic oxidation sites excluding steroid dienone is 2. The maximum atomic E-state index is 10.0. The highest BCUT2D eigenvalue weighted by Gasteiger charge is 1.86. The topological polar surface area (TPSA) is 37.8 Å². The summed E-state index contributed by atoms with van der Waals surface area (Å²) in [6, 6.07) is 0. The molecule has 1 N–H and O–H groups in total. The molecule has 3 heteroatoms. The molecule has 1 aliphatic rings. The summed E-state index contributed by atoms with van der Waals surface area (Å²) in [6.07, 6.45) is 6.17. The van der Waals surface area contributed by atoms with Gasteiger partial charge in [0.05, 0.1) is 6.20 Å². The van der Waals surface area contributed by atoms with Gasteiger partial charge in [0.2, 0.25) is 0 Å². The van der Waals surface area contributed by atoms with E-state index in [-0.39, 0.29) is 0 Å². The molecule has 0 aliphatic carbocycles. The van der Waals surface area contributed by atoms with Crippen molar-refractivity contribution in [3.05, 3.63) is 24.6 Å². The van der Waals surface area contributed by atoms with E-state index in [4.69, 9.17) is 0 Å². The lowest BCUT2D eigenvalue weighted by atomic mass is 10.6. The van der Waals surface area contributed by atoms with E-state index >= 15 is 0 Å². The van der Waals surface area contributed by atoms with E-state index in [1.807, 2.05) is 0 Å². The van der Waals surface area contributed by atoms with Crippen LogP contribution in [0.4, 0.5) is 0 Å². The SMILES string of the molecule is [O-][O+]1C=CC=CN1. The average molecular weight is 99.1 g/mol. The van der Waals surface area contributed by atoms with E-state index in [0.717, 1.165) is 0 Å². The van der Waals surface area contributed by atoms with Crippen LogP contribution in [0.5, 0.6) is 0 Å². The summed E-state index contributed by atoms with van der Waals surface area (Å²) in [7, 11) is 0. The molecule has 0 atom stereocenters. The van der Waals surface area contributed by atoms with Crippen LogP contribution in [0.25, 0.3) is 0 Å². The fourth-order valence-corrected chi connectivity index (χ4v) is 0.318. The van der Waals surface area contributed by atoms with Crippen molar-refractivity contribution in [3.63, 3.8) is 0 Å². The number of rotatable bonds is 0. The maximum Gasteiger partial charge on any atom is 0.260 e. The van der Waals surface area contributed by atoms with E-state index in [9.17, 15) is 5.26 Å². The normalized spacial score (nSPS) is 17.0. The van der Waals surface area contributed by atoms with Gasteiger partial charge < -0.3 is 9.88 Å². The second-order valence-electron chi connectivity index (χ2n) is 1.10. The van der Waals surface area contributed by atoms with Crippen LogP contribution in [-0.2, 0) is 4.62 Å². The van der Waals surface area contributed by atoms with Crippen LogP contribution >= 0.6 is 0 Å². The smallest absolute Gasteiger partial charge is 0.260 e. The highest BCUT2D eigenvalue weighted by Crippen LogP contribution is 1.87. The van der Waals surface area contributed by atoms with Crippen LogP contribution in [0.1, 0.15) is 0 Å². The third-order valence-corrected chi connectivity index (χ3v) is 0.594. The molecule has 7 heavy (non-hydrogen) atoms. The third kappa shape index (κ3) is 0.940. The van der Waals surface area contributed by atoms with Gasteiger partial charge in [0.1, 0.15) is 0 Å². The molecule has 1 rings (SSSR count). The third-order valence-electron chi connectivity index (χ3n) is 0.594. The van der Waals surface area contributed by atoms with Gasteiger partial charge in [0.25, 0.3) is 6.26 Å². The Hall–Kier alpha value is -0.960. The monoisotopic (exact) mass is 99.0 g/mol. The van der Waals surface area contributed by atoms with Gasteiger partial charge >= 0.3 is 0 Å². The first-order valence-electron chi connectivity index (χ1n) is 1.90. The predicted molar refractivity (Wildman–Crippen MR) is 22.5 cm³/mol. The lowest BCUT2D eigenvalue weighted by Gasteiger charge is -2.17. The highest BCUT2D eigenvalue weighted by atomic mass is 17.3. The van der Waals surface area contributed by atoms with Gasteiger partial charge in [-0.15, -0.1) is 5.48 Å². The van der Waals surface area contributed by atoms with Crippen LogP contribution in [0.15, 0.2) is 24.6 Å². The Kier molecular flexibility index (Phi) is 0.997. The minimum Gasteiger partial charge on any atom is -0.447 e. The first kappa shape index (κ1) is 4.21. The minimum absolute atomic E-state index is 1.30. The standard InChI is InChI=1S/C4H5NO2/c6-7-4-2-1-3-5-7/h1-5H. The number of hydroxylamine groups is 1. The molecule has 0 fully saturated rings. The molecule has 0 aromatic rings. The van der Waals surface area contributed by atoms with Gasteiger partial charge in [0, 0.05) is 6.08 Å². The van der Waals surface area contributed by atoms with Gasteiger partial charge in [-0.3, -0.25) is 0 Å². The average Bonchev–Trinajstić information content (AvgIpc) is 1.69. The summed E-state index contributed by atoms with van der Waals surface area (Å²) in [6.45, 7) is 0. The van der Waals surface area contributed by atoms with E-state index in [1.54, 1.807) is 12.2 Å². The molecule has 0 saturated carbocycles. The Labute approximate surface area is 41.1 Å². The van der Waals surface area contributed by atoms with Gasteiger partial charge in [-0.05, 0) is 6.08 Å². The van der Waals surface area contributed by atoms with Gasteiger partial charge in [-0.25, -0.2) is 0 Å². The number of hydrogen-bond donors (Lipinski definition) is 1. The molecule has 0 spiro atoms. The maximum absolute atomic E-state index is 10.0. The second kappa shape index (κ2) is 1.66. The molecule has 0 aromatic heterocycles. The first-order valence-corrected chi connectivity index (χ1v) is 1.90. The zero-order valence-electron chi connectivity index (χ0n) is 3.63. The Morgan fingerprint density at radius 3 is 2.57 bits per heavy atom. The van der Waals surface area contributed by atoms with Crippen LogP contribution in [0.3, 0.4) is 0 Å². The summed E-state index contributed by atoms with van der Waals surface area (Å²) >= 11 is 0. The summed E-state index contributed by atoms with van der Waals surface area (Å²) in [5.74, 6) is 0. The van der Waals surface area contributed by atoms with Crippen molar-refractivity contribution >= 4 is 0 Å². The summed E-state index contributed by atoms with van der Waals surface area (Å²) < 4.78 is 1.30. The fourth-order valence-electron chi connectivity index (χ4n) is 0.318. The van der Waals surface area contributed by atoms with Crippen molar-refractivity contribution in [2.45, 2.75) is 0 Å². The first-order chi connectivity index (χ1) is 3.39. The molecule has 0 unspecified atom stereocenters. The van der Waals surface area contributed by atoms with Crippen molar-refractivity contribution in [3.8, 4) is 0 Å². The summed E-state index contributed by atoms with van der Waals surface area (Å²) in [5, 5.41) is 10.0.